The molecule has 0 saturated carbocycles. The van der Waals surface area contributed by atoms with Gasteiger partial charge in [0, 0.05) is 11.6 Å². The van der Waals surface area contributed by atoms with E-state index in [0.717, 1.165) is 6.42 Å². The molecule has 0 bridgehead atoms. The van der Waals surface area contributed by atoms with Crippen molar-refractivity contribution in [1.29, 1.82) is 0 Å². The summed E-state index contributed by atoms with van der Waals surface area (Å²) < 4.78 is 15.1. The first-order valence-electron chi connectivity index (χ1n) is 7.62. The third kappa shape index (κ3) is 4.87. The monoisotopic (exact) mass is 336 g/mol. The molecule has 0 aromatic heterocycles. The summed E-state index contributed by atoms with van der Waals surface area (Å²) in [6, 6.07) is 4.73. The van der Waals surface area contributed by atoms with E-state index in [2.05, 4.69) is 10.6 Å². The fraction of sp³-hybridized carbons (Fsp3) is 0.438. The summed E-state index contributed by atoms with van der Waals surface area (Å²) in [5.74, 6) is -0.470. The molecule has 1 aliphatic rings. The molecule has 24 heavy (non-hydrogen) atoms. The van der Waals surface area contributed by atoms with Crippen LogP contribution in [0.2, 0.25) is 0 Å². The van der Waals surface area contributed by atoms with E-state index in [-0.39, 0.29) is 31.9 Å². The van der Waals surface area contributed by atoms with Gasteiger partial charge in [0.25, 0.3) is 11.8 Å². The highest BCUT2D eigenvalue weighted by atomic mass is 16.7. The van der Waals surface area contributed by atoms with Crippen molar-refractivity contribution in [2.75, 3.05) is 19.9 Å². The molecule has 8 nitrogen and oxygen atoms in total. The lowest BCUT2D eigenvalue weighted by atomic mass is 10.2. The number of esters is 1. The van der Waals surface area contributed by atoms with Gasteiger partial charge in [-0.25, -0.2) is 0 Å². The predicted octanol–water partition coefficient (Wildman–Crippen LogP) is 0.603. The van der Waals surface area contributed by atoms with Crippen LogP contribution >= 0.6 is 0 Å². The Kier molecular flexibility index (Phi) is 6.00. The van der Waals surface area contributed by atoms with Gasteiger partial charge in [-0.1, -0.05) is 6.92 Å². The summed E-state index contributed by atoms with van der Waals surface area (Å²) in [7, 11) is 0. The Morgan fingerprint density at radius 1 is 1.25 bits per heavy atom. The predicted molar refractivity (Wildman–Crippen MR) is 83.8 cm³/mol. The van der Waals surface area contributed by atoms with Crippen LogP contribution in [-0.2, 0) is 14.3 Å². The largest absolute Gasteiger partial charge is 0.454 e. The number of carbonyl (C=O) groups is 3. The smallest absolute Gasteiger partial charge is 0.325 e. The molecule has 0 aliphatic carbocycles. The quantitative estimate of drug-likeness (QED) is 0.707. The van der Waals surface area contributed by atoms with Crippen LogP contribution in [0.25, 0.3) is 0 Å². The minimum absolute atomic E-state index is 0.0157. The Morgan fingerprint density at radius 3 is 2.75 bits per heavy atom. The first-order chi connectivity index (χ1) is 11.5. The topological polar surface area (TPSA) is 103 Å². The van der Waals surface area contributed by atoms with Crippen LogP contribution in [-0.4, -0.2) is 43.8 Å². The molecule has 1 aromatic rings. The molecule has 0 radical (unpaired) electrons. The van der Waals surface area contributed by atoms with Gasteiger partial charge >= 0.3 is 5.97 Å². The summed E-state index contributed by atoms with van der Waals surface area (Å²) >= 11 is 0. The lowest BCUT2D eigenvalue weighted by molar-refractivity contribution is -0.147. The zero-order valence-electron chi connectivity index (χ0n) is 13.6. The molecule has 2 amide bonds. The van der Waals surface area contributed by atoms with E-state index in [9.17, 15) is 14.4 Å². The zero-order valence-corrected chi connectivity index (χ0v) is 13.6. The minimum atomic E-state index is -0.691. The van der Waals surface area contributed by atoms with Crippen molar-refractivity contribution in [2.45, 2.75) is 26.3 Å². The Labute approximate surface area is 139 Å². The molecule has 130 valence electrons. The lowest BCUT2D eigenvalue weighted by Gasteiger charge is -2.11. The molecule has 1 aliphatic heterocycles. The second-order valence-corrected chi connectivity index (χ2v) is 5.29. The highest BCUT2D eigenvalue weighted by Crippen LogP contribution is 2.32. The van der Waals surface area contributed by atoms with Gasteiger partial charge in [-0.05, 0) is 31.5 Å². The lowest BCUT2D eigenvalue weighted by Crippen LogP contribution is -2.37. The van der Waals surface area contributed by atoms with Gasteiger partial charge in [0.05, 0.1) is 0 Å². The molecule has 0 saturated heterocycles. The standard InChI is InChI=1S/C16H20N2O6/c1-3-10(2)18-14(19)8-22-15(20)7-17-16(21)11-4-5-12-13(6-11)24-9-23-12/h4-6,10H,3,7-9H2,1-2H3,(H,17,21)(H,18,19)/t10-/m1/s1. The molecule has 0 spiro atoms. The van der Waals surface area contributed by atoms with Gasteiger partial charge in [0.1, 0.15) is 6.54 Å². The van der Waals surface area contributed by atoms with Crippen LogP contribution in [0.15, 0.2) is 18.2 Å². The molecule has 1 atom stereocenters. The number of carbonyl (C=O) groups excluding carboxylic acids is 3. The van der Waals surface area contributed by atoms with Crippen LogP contribution < -0.4 is 20.1 Å². The molecular formula is C16H20N2O6. The first-order valence-corrected chi connectivity index (χ1v) is 7.62. The third-order valence-electron chi connectivity index (χ3n) is 3.41. The van der Waals surface area contributed by atoms with Gasteiger partial charge < -0.3 is 24.8 Å². The van der Waals surface area contributed by atoms with E-state index in [1.165, 1.54) is 6.07 Å². The van der Waals surface area contributed by atoms with Crippen LogP contribution in [0.5, 0.6) is 11.5 Å². The minimum Gasteiger partial charge on any atom is -0.454 e. The summed E-state index contributed by atoms with van der Waals surface area (Å²) in [6.07, 6.45) is 0.783. The Morgan fingerprint density at radius 2 is 2.00 bits per heavy atom. The Hall–Kier alpha value is -2.77. The third-order valence-corrected chi connectivity index (χ3v) is 3.41. The zero-order chi connectivity index (χ0) is 17.5. The van der Waals surface area contributed by atoms with Crippen molar-refractivity contribution in [3.63, 3.8) is 0 Å². The molecular weight excluding hydrogens is 316 g/mol. The number of rotatable bonds is 7. The molecule has 1 aromatic carbocycles. The Bertz CT molecular complexity index is 631. The average molecular weight is 336 g/mol. The van der Waals surface area contributed by atoms with Gasteiger partial charge in [-0.15, -0.1) is 0 Å². The average Bonchev–Trinajstić information content (AvgIpc) is 3.05. The molecule has 8 heteroatoms. The van der Waals surface area contributed by atoms with Crippen molar-refractivity contribution in [1.82, 2.24) is 10.6 Å². The molecule has 0 fully saturated rings. The number of benzene rings is 1. The van der Waals surface area contributed by atoms with Gasteiger partial charge in [-0.3, -0.25) is 14.4 Å². The molecule has 0 unspecified atom stereocenters. The van der Waals surface area contributed by atoms with Crippen LogP contribution in [0.3, 0.4) is 0 Å². The number of hydrogen-bond donors (Lipinski definition) is 2. The second kappa shape index (κ2) is 8.19. The fourth-order valence-electron chi connectivity index (χ4n) is 1.91. The van der Waals surface area contributed by atoms with Crippen molar-refractivity contribution in [2.24, 2.45) is 0 Å². The highest BCUT2D eigenvalue weighted by Gasteiger charge is 2.17. The maximum absolute atomic E-state index is 12.0. The van der Waals surface area contributed by atoms with Crippen LogP contribution in [0, 0.1) is 0 Å². The number of fused-ring (bicyclic) bond motifs is 1. The SMILES string of the molecule is CC[C@@H](C)NC(=O)COC(=O)CNC(=O)c1ccc2c(c1)OCO2. The summed E-state index contributed by atoms with van der Waals surface area (Å²) in [4.78, 5) is 35.0. The van der Waals surface area contributed by atoms with Crippen molar-refractivity contribution in [3.05, 3.63) is 23.8 Å². The molecule has 1 heterocycles. The molecule has 2 rings (SSSR count). The van der Waals surface area contributed by atoms with Crippen LogP contribution in [0.1, 0.15) is 30.6 Å². The summed E-state index contributed by atoms with van der Waals surface area (Å²) in [6.45, 7) is 3.20. The van der Waals surface area contributed by atoms with Crippen molar-refractivity contribution >= 4 is 17.8 Å². The van der Waals surface area contributed by atoms with E-state index in [1.807, 2.05) is 13.8 Å². The van der Waals surface area contributed by atoms with E-state index < -0.39 is 11.9 Å². The number of hydrogen-bond acceptors (Lipinski definition) is 6. The van der Waals surface area contributed by atoms with Crippen molar-refractivity contribution in [3.8, 4) is 11.5 Å². The summed E-state index contributed by atoms with van der Waals surface area (Å²) in [5.41, 5.74) is 0.335. The van der Waals surface area contributed by atoms with Gasteiger partial charge in [0.2, 0.25) is 6.79 Å². The van der Waals surface area contributed by atoms with E-state index in [0.29, 0.717) is 17.1 Å². The van der Waals surface area contributed by atoms with Crippen LogP contribution in [0.4, 0.5) is 0 Å². The van der Waals surface area contributed by atoms with Gasteiger partial charge in [0.15, 0.2) is 18.1 Å². The highest BCUT2D eigenvalue weighted by molar-refractivity contribution is 5.96. The van der Waals surface area contributed by atoms with E-state index in [4.69, 9.17) is 14.2 Å². The van der Waals surface area contributed by atoms with Crippen molar-refractivity contribution < 1.29 is 28.6 Å². The molecule has 2 N–H and O–H groups in total. The number of nitrogens with one attached hydrogen (secondary N) is 2. The summed E-state index contributed by atoms with van der Waals surface area (Å²) in [5, 5.41) is 5.09. The number of ether oxygens (including phenoxy) is 3. The van der Waals surface area contributed by atoms with E-state index >= 15 is 0 Å². The van der Waals surface area contributed by atoms with E-state index in [1.54, 1.807) is 12.1 Å². The Balaban J connectivity index is 1.73. The number of amides is 2. The fourth-order valence-corrected chi connectivity index (χ4v) is 1.91. The maximum Gasteiger partial charge on any atom is 0.325 e. The first kappa shape index (κ1) is 17.6. The second-order valence-electron chi connectivity index (χ2n) is 5.29. The normalized spacial score (nSPS) is 13.1. The van der Waals surface area contributed by atoms with Gasteiger partial charge in [-0.2, -0.15) is 0 Å². The maximum atomic E-state index is 12.0.